The van der Waals surface area contributed by atoms with E-state index in [1.807, 2.05) is 12.1 Å². The van der Waals surface area contributed by atoms with Crippen molar-refractivity contribution in [2.75, 3.05) is 19.8 Å². The third kappa shape index (κ3) is 11.0. The number of nitrogens with zero attached hydrogens (tertiary/aromatic N) is 1. The number of rotatable bonds is 13. The molecule has 2 aromatic rings. The Labute approximate surface area is 221 Å². The Hall–Kier alpha value is -3.91. The molecule has 0 aliphatic carbocycles. The van der Waals surface area contributed by atoms with E-state index >= 15 is 0 Å². The largest absolute Gasteiger partial charge is 0.481 e. The van der Waals surface area contributed by atoms with Gasteiger partial charge in [-0.2, -0.15) is 0 Å². The van der Waals surface area contributed by atoms with E-state index in [-0.39, 0.29) is 0 Å². The molecule has 1 unspecified atom stereocenters. The van der Waals surface area contributed by atoms with Crippen LogP contribution in [0.5, 0.6) is 5.75 Å². The van der Waals surface area contributed by atoms with Crippen molar-refractivity contribution in [2.45, 2.75) is 50.5 Å². The van der Waals surface area contributed by atoms with Gasteiger partial charge in [-0.3, -0.25) is 14.5 Å². The van der Waals surface area contributed by atoms with Gasteiger partial charge in [-0.05, 0) is 36.1 Å². The summed E-state index contributed by atoms with van der Waals surface area (Å²) < 4.78 is 11.3. The van der Waals surface area contributed by atoms with Gasteiger partial charge in [0, 0.05) is 26.2 Å². The van der Waals surface area contributed by atoms with Crippen LogP contribution >= 0.6 is 0 Å². The minimum Gasteiger partial charge on any atom is -0.481 e. The van der Waals surface area contributed by atoms with E-state index < -0.39 is 36.4 Å². The van der Waals surface area contributed by atoms with E-state index in [4.69, 9.17) is 36.3 Å². The molecule has 0 amide bonds. The van der Waals surface area contributed by atoms with Gasteiger partial charge in [0.2, 0.25) is 0 Å². The molecule has 204 valence electrons. The first-order valence-electron chi connectivity index (χ1n) is 12.0. The first-order chi connectivity index (χ1) is 18.1. The number of aliphatic hydroxyl groups is 1. The highest BCUT2D eigenvalue weighted by molar-refractivity contribution is 5.88. The SMILES string of the molecule is C#CCOc1ccc(CN(Cc2ccccc2)CC2CCCO2)cc1.O=C(O)CC(O)(CC(=O)O)C(=O)O. The first-order valence-corrected chi connectivity index (χ1v) is 12.0. The molecule has 4 N–H and O–H groups in total. The fraction of sp³-hybridized carbons (Fsp3) is 0.393. The van der Waals surface area contributed by atoms with Crippen molar-refractivity contribution >= 4 is 17.9 Å². The third-order valence-corrected chi connectivity index (χ3v) is 5.67. The smallest absolute Gasteiger partial charge is 0.336 e. The summed E-state index contributed by atoms with van der Waals surface area (Å²) in [4.78, 5) is 32.9. The lowest BCUT2D eigenvalue weighted by Crippen LogP contribution is -2.42. The molecule has 0 aromatic heterocycles. The molecule has 1 saturated heterocycles. The lowest BCUT2D eigenvalue weighted by molar-refractivity contribution is -0.170. The fourth-order valence-corrected chi connectivity index (χ4v) is 3.89. The number of hydrogen-bond acceptors (Lipinski definition) is 7. The molecule has 1 heterocycles. The van der Waals surface area contributed by atoms with Gasteiger partial charge in [0.25, 0.3) is 0 Å². The van der Waals surface area contributed by atoms with Crippen LogP contribution in [0.25, 0.3) is 0 Å². The summed E-state index contributed by atoms with van der Waals surface area (Å²) in [5.74, 6) is -1.72. The van der Waals surface area contributed by atoms with Crippen molar-refractivity contribution in [3.63, 3.8) is 0 Å². The Kier molecular flexibility index (Phi) is 12.3. The molecule has 10 nitrogen and oxygen atoms in total. The maximum atomic E-state index is 10.3. The zero-order valence-electron chi connectivity index (χ0n) is 21.0. The van der Waals surface area contributed by atoms with Crippen LogP contribution in [0.15, 0.2) is 54.6 Å². The molecular weight excluding hydrogens is 494 g/mol. The number of hydrogen-bond donors (Lipinski definition) is 4. The fourth-order valence-electron chi connectivity index (χ4n) is 3.89. The lowest BCUT2D eigenvalue weighted by atomic mass is 9.96. The van der Waals surface area contributed by atoms with Crippen LogP contribution in [0.1, 0.15) is 36.8 Å². The minimum absolute atomic E-state index is 0.304. The second-order valence-electron chi connectivity index (χ2n) is 8.90. The quantitative estimate of drug-likeness (QED) is 0.286. The van der Waals surface area contributed by atoms with Crippen molar-refractivity contribution in [1.29, 1.82) is 0 Å². The van der Waals surface area contributed by atoms with Crippen LogP contribution in [0.2, 0.25) is 0 Å². The van der Waals surface area contributed by atoms with Crippen molar-refractivity contribution in [2.24, 2.45) is 0 Å². The molecule has 0 radical (unpaired) electrons. The van der Waals surface area contributed by atoms with Gasteiger partial charge in [-0.1, -0.05) is 48.4 Å². The monoisotopic (exact) mass is 527 g/mol. The van der Waals surface area contributed by atoms with E-state index in [2.05, 4.69) is 53.3 Å². The molecule has 0 bridgehead atoms. The number of carboxylic acid groups (broad SMARTS) is 3. The summed E-state index contributed by atoms with van der Waals surface area (Å²) in [6.45, 7) is 3.98. The van der Waals surface area contributed by atoms with E-state index in [1.165, 1.54) is 17.5 Å². The third-order valence-electron chi connectivity index (χ3n) is 5.67. The minimum atomic E-state index is -2.74. The number of carboxylic acids is 3. The van der Waals surface area contributed by atoms with Crippen molar-refractivity contribution in [3.8, 4) is 18.1 Å². The topological polar surface area (TPSA) is 154 Å². The first kappa shape index (κ1) is 30.3. The van der Waals surface area contributed by atoms with Gasteiger partial charge in [-0.15, -0.1) is 6.42 Å². The second kappa shape index (κ2) is 15.4. The summed E-state index contributed by atoms with van der Waals surface area (Å²) in [7, 11) is 0. The van der Waals surface area contributed by atoms with Crippen LogP contribution in [-0.4, -0.2) is 74.7 Å². The molecule has 1 aliphatic heterocycles. The Morgan fingerprint density at radius 2 is 1.55 bits per heavy atom. The molecule has 0 spiro atoms. The van der Waals surface area contributed by atoms with Gasteiger partial charge in [0.05, 0.1) is 18.9 Å². The highest BCUT2D eigenvalue weighted by Gasteiger charge is 2.40. The molecule has 10 heteroatoms. The van der Waals surface area contributed by atoms with Crippen LogP contribution in [0.3, 0.4) is 0 Å². The van der Waals surface area contributed by atoms with Crippen LogP contribution in [0, 0.1) is 12.3 Å². The average Bonchev–Trinajstić information content (AvgIpc) is 3.36. The Bertz CT molecular complexity index is 1060. The number of terminal acetylenes is 1. The summed E-state index contributed by atoms with van der Waals surface area (Å²) in [6, 6.07) is 18.8. The molecule has 1 fully saturated rings. The summed E-state index contributed by atoms with van der Waals surface area (Å²) in [5.41, 5.74) is -0.144. The van der Waals surface area contributed by atoms with Crippen molar-refractivity contribution < 1.29 is 44.3 Å². The van der Waals surface area contributed by atoms with Gasteiger partial charge in [-0.25, -0.2) is 4.79 Å². The van der Waals surface area contributed by atoms with Crippen molar-refractivity contribution in [1.82, 2.24) is 4.90 Å². The van der Waals surface area contributed by atoms with Crippen molar-refractivity contribution in [3.05, 3.63) is 65.7 Å². The second-order valence-corrected chi connectivity index (χ2v) is 8.90. The van der Waals surface area contributed by atoms with E-state index in [0.717, 1.165) is 38.4 Å². The molecular formula is C28H33NO9. The maximum Gasteiger partial charge on any atom is 0.336 e. The van der Waals surface area contributed by atoms with Gasteiger partial charge >= 0.3 is 17.9 Å². The lowest BCUT2D eigenvalue weighted by Gasteiger charge is -2.25. The van der Waals surface area contributed by atoms with Gasteiger partial charge in [0.15, 0.2) is 5.60 Å². The Balaban J connectivity index is 0.000000332. The molecule has 0 saturated carbocycles. The molecule has 1 atom stereocenters. The molecule has 1 aliphatic rings. The predicted octanol–water partition coefficient (Wildman–Crippen LogP) is 2.63. The highest BCUT2D eigenvalue weighted by Crippen LogP contribution is 2.19. The zero-order valence-corrected chi connectivity index (χ0v) is 21.0. The van der Waals surface area contributed by atoms with E-state index in [0.29, 0.717) is 12.7 Å². The Morgan fingerprint density at radius 3 is 2.03 bits per heavy atom. The standard InChI is InChI=1S/C22H25NO2.C6H8O7/c1-2-14-24-21-12-10-20(11-13-21)17-23(18-22-9-6-15-25-22)16-19-7-4-3-5-8-19;7-3(8)1-6(13,5(11)12)2-4(9)10/h1,3-5,7-8,10-13,22H,6,9,14-18H2;13H,1-2H2,(H,7,8)(H,9,10)(H,11,12). The van der Waals surface area contributed by atoms with Gasteiger partial charge in [0.1, 0.15) is 12.4 Å². The molecule has 38 heavy (non-hydrogen) atoms. The van der Waals surface area contributed by atoms with Crippen LogP contribution in [0.4, 0.5) is 0 Å². The normalized spacial score (nSPS) is 14.7. The number of benzene rings is 2. The predicted molar refractivity (Wildman–Crippen MR) is 137 cm³/mol. The number of carbonyl (C=O) groups is 3. The zero-order chi connectivity index (χ0) is 28.0. The van der Waals surface area contributed by atoms with E-state index in [1.54, 1.807) is 0 Å². The van der Waals surface area contributed by atoms with Gasteiger partial charge < -0.3 is 29.9 Å². The highest BCUT2D eigenvalue weighted by atomic mass is 16.5. The summed E-state index contributed by atoms with van der Waals surface area (Å²) in [6.07, 6.45) is 5.62. The van der Waals surface area contributed by atoms with Crippen LogP contribution in [-0.2, 0) is 32.2 Å². The number of aliphatic carboxylic acids is 3. The molecule has 2 aromatic carbocycles. The maximum absolute atomic E-state index is 10.3. The summed E-state index contributed by atoms with van der Waals surface area (Å²) in [5, 5.41) is 33.8. The molecule has 3 rings (SSSR count). The van der Waals surface area contributed by atoms with Crippen LogP contribution < -0.4 is 4.74 Å². The number of ether oxygens (including phenoxy) is 2. The Morgan fingerprint density at radius 1 is 0.974 bits per heavy atom. The average molecular weight is 528 g/mol. The summed E-state index contributed by atoms with van der Waals surface area (Å²) >= 11 is 0. The van der Waals surface area contributed by atoms with E-state index in [9.17, 15) is 14.4 Å².